The molecule has 4 rings (SSSR count). The topological polar surface area (TPSA) is 136 Å². The van der Waals surface area contributed by atoms with Crippen LogP contribution in [0.4, 0.5) is 5.95 Å². The average Bonchev–Trinajstić information content (AvgIpc) is 3.42. The van der Waals surface area contributed by atoms with Gasteiger partial charge < -0.3 is 11.5 Å². The number of nitrogens with two attached hydrogens (primary N) is 2. The molecule has 1 fully saturated rings. The SMILES string of the molecule is CC(C(N)=NC(=O)c1cn[nH]c1)(c1ccc(-c2cnc(N)nc2)cc1)C1CC1. The first kappa shape index (κ1) is 17.8. The van der Waals surface area contributed by atoms with Crippen LogP contribution in [-0.2, 0) is 5.41 Å². The standard InChI is InChI=1S/C20H21N7O/c1-20(16-6-7-16,18(21)27-17(28)14-10-25-26-11-14)15-4-2-12(3-5-15)13-8-23-19(22)24-9-13/h2-5,8-11,16H,6-7H2,1H3,(H,25,26)(H2,21,27,28)(H2,22,23,24). The fourth-order valence-corrected chi connectivity index (χ4v) is 3.41. The highest BCUT2D eigenvalue weighted by atomic mass is 16.1. The molecular formula is C20H21N7O. The molecule has 28 heavy (non-hydrogen) atoms. The molecule has 1 saturated carbocycles. The first-order valence-electron chi connectivity index (χ1n) is 9.04. The zero-order valence-corrected chi connectivity index (χ0v) is 15.5. The number of carbonyl (C=O) groups is 1. The van der Waals surface area contributed by atoms with E-state index in [1.165, 1.54) is 12.4 Å². The Balaban J connectivity index is 1.65. The highest BCUT2D eigenvalue weighted by Gasteiger charge is 2.46. The third-order valence-electron chi connectivity index (χ3n) is 5.38. The molecule has 2 aromatic heterocycles. The van der Waals surface area contributed by atoms with Gasteiger partial charge in [0.1, 0.15) is 5.84 Å². The minimum Gasteiger partial charge on any atom is -0.386 e. The number of amidine groups is 1. The summed E-state index contributed by atoms with van der Waals surface area (Å²) < 4.78 is 0. The molecule has 1 unspecified atom stereocenters. The molecule has 1 aliphatic rings. The number of aliphatic imine (C=N–C) groups is 1. The molecule has 1 aliphatic carbocycles. The van der Waals surface area contributed by atoms with E-state index in [1.54, 1.807) is 12.4 Å². The monoisotopic (exact) mass is 375 g/mol. The van der Waals surface area contributed by atoms with E-state index in [0.717, 1.165) is 29.5 Å². The van der Waals surface area contributed by atoms with Crippen LogP contribution in [0.5, 0.6) is 0 Å². The van der Waals surface area contributed by atoms with Gasteiger partial charge in [0, 0.05) is 24.2 Å². The van der Waals surface area contributed by atoms with Gasteiger partial charge in [0.25, 0.3) is 5.91 Å². The van der Waals surface area contributed by atoms with Crippen molar-refractivity contribution in [2.24, 2.45) is 16.6 Å². The Morgan fingerprint density at radius 3 is 2.39 bits per heavy atom. The van der Waals surface area contributed by atoms with Crippen LogP contribution in [0.15, 0.2) is 54.0 Å². The first-order valence-corrected chi connectivity index (χ1v) is 9.04. The molecule has 3 aromatic rings. The molecule has 0 radical (unpaired) electrons. The van der Waals surface area contributed by atoms with E-state index in [9.17, 15) is 4.79 Å². The van der Waals surface area contributed by atoms with E-state index in [1.807, 2.05) is 31.2 Å². The maximum Gasteiger partial charge on any atom is 0.281 e. The molecule has 8 nitrogen and oxygen atoms in total. The van der Waals surface area contributed by atoms with Gasteiger partial charge in [-0.05, 0) is 36.8 Å². The van der Waals surface area contributed by atoms with Crippen LogP contribution >= 0.6 is 0 Å². The lowest BCUT2D eigenvalue weighted by Crippen LogP contribution is -2.41. The summed E-state index contributed by atoms with van der Waals surface area (Å²) in [6.45, 7) is 2.05. The summed E-state index contributed by atoms with van der Waals surface area (Å²) in [5.41, 5.74) is 14.7. The predicted octanol–water partition coefficient (Wildman–Crippen LogP) is 2.31. The molecular weight excluding hydrogens is 354 g/mol. The van der Waals surface area contributed by atoms with Crippen LogP contribution in [0, 0.1) is 5.92 Å². The van der Waals surface area contributed by atoms with Crippen molar-refractivity contribution in [1.29, 1.82) is 0 Å². The van der Waals surface area contributed by atoms with Crippen LogP contribution in [0.3, 0.4) is 0 Å². The van der Waals surface area contributed by atoms with Crippen molar-refractivity contribution in [2.75, 3.05) is 5.73 Å². The van der Waals surface area contributed by atoms with Gasteiger partial charge in [-0.25, -0.2) is 9.97 Å². The summed E-state index contributed by atoms with van der Waals surface area (Å²) in [7, 11) is 0. The molecule has 8 heteroatoms. The fourth-order valence-electron chi connectivity index (χ4n) is 3.41. The lowest BCUT2D eigenvalue weighted by molar-refractivity contribution is 0.100. The summed E-state index contributed by atoms with van der Waals surface area (Å²) in [4.78, 5) is 24.6. The Kier molecular flexibility index (Phi) is 4.38. The van der Waals surface area contributed by atoms with Crippen molar-refractivity contribution in [2.45, 2.75) is 25.2 Å². The molecule has 0 spiro atoms. The van der Waals surface area contributed by atoms with E-state index >= 15 is 0 Å². The van der Waals surface area contributed by atoms with Gasteiger partial charge in [-0.15, -0.1) is 0 Å². The number of hydrogen-bond donors (Lipinski definition) is 3. The van der Waals surface area contributed by atoms with Gasteiger partial charge in [-0.1, -0.05) is 24.3 Å². The number of nitrogens with one attached hydrogen (secondary N) is 1. The van der Waals surface area contributed by atoms with Crippen LogP contribution in [-0.4, -0.2) is 31.9 Å². The normalized spacial score (nSPS) is 16.5. The maximum atomic E-state index is 12.4. The van der Waals surface area contributed by atoms with Crippen molar-refractivity contribution >= 4 is 17.7 Å². The Morgan fingerprint density at radius 2 is 1.82 bits per heavy atom. The number of aromatic nitrogens is 4. The largest absolute Gasteiger partial charge is 0.386 e. The van der Waals surface area contributed by atoms with E-state index in [-0.39, 0.29) is 5.95 Å². The molecule has 1 amide bonds. The summed E-state index contributed by atoms with van der Waals surface area (Å²) in [6.07, 6.45) is 8.45. The molecule has 5 N–H and O–H groups in total. The molecule has 0 saturated heterocycles. The Hall–Kier alpha value is -3.55. The van der Waals surface area contributed by atoms with Gasteiger partial charge in [0.05, 0.1) is 17.2 Å². The van der Waals surface area contributed by atoms with Crippen molar-refractivity contribution in [3.63, 3.8) is 0 Å². The lowest BCUT2D eigenvalue weighted by Gasteiger charge is -2.30. The second-order valence-electron chi connectivity index (χ2n) is 7.17. The van der Waals surface area contributed by atoms with Gasteiger partial charge in [-0.3, -0.25) is 9.89 Å². The number of amides is 1. The quantitative estimate of drug-likeness (QED) is 0.462. The van der Waals surface area contributed by atoms with Crippen molar-refractivity contribution in [3.05, 3.63) is 60.2 Å². The predicted molar refractivity (Wildman–Crippen MR) is 106 cm³/mol. The summed E-state index contributed by atoms with van der Waals surface area (Å²) in [5, 5.41) is 6.40. The number of nitrogens with zero attached hydrogens (tertiary/aromatic N) is 4. The van der Waals surface area contributed by atoms with E-state index in [0.29, 0.717) is 17.3 Å². The van der Waals surface area contributed by atoms with E-state index < -0.39 is 11.3 Å². The van der Waals surface area contributed by atoms with Crippen LogP contribution < -0.4 is 11.5 Å². The first-order chi connectivity index (χ1) is 13.5. The highest BCUT2D eigenvalue weighted by molar-refractivity contribution is 6.06. The third-order valence-corrected chi connectivity index (χ3v) is 5.38. The van der Waals surface area contributed by atoms with Crippen molar-refractivity contribution < 1.29 is 4.79 Å². The highest BCUT2D eigenvalue weighted by Crippen LogP contribution is 2.47. The molecule has 0 aliphatic heterocycles. The minimum absolute atomic E-state index is 0.243. The van der Waals surface area contributed by atoms with Gasteiger partial charge in [-0.2, -0.15) is 10.1 Å². The number of benzene rings is 1. The second kappa shape index (κ2) is 6.88. The Morgan fingerprint density at radius 1 is 1.14 bits per heavy atom. The van der Waals surface area contributed by atoms with Crippen molar-refractivity contribution in [3.8, 4) is 11.1 Å². The Labute approximate surface area is 162 Å². The summed E-state index contributed by atoms with van der Waals surface area (Å²) in [5.74, 6) is 0.533. The number of aromatic amines is 1. The molecule has 0 bridgehead atoms. The molecule has 142 valence electrons. The fraction of sp³-hybridized carbons (Fsp3) is 0.250. The summed E-state index contributed by atoms with van der Waals surface area (Å²) in [6, 6.07) is 8.04. The molecule has 1 aromatic carbocycles. The number of anilines is 1. The van der Waals surface area contributed by atoms with Gasteiger partial charge in [0.15, 0.2) is 0 Å². The smallest absolute Gasteiger partial charge is 0.281 e. The van der Waals surface area contributed by atoms with Crippen molar-refractivity contribution in [1.82, 2.24) is 20.2 Å². The zero-order chi connectivity index (χ0) is 19.7. The van der Waals surface area contributed by atoms with Crippen LogP contribution in [0.2, 0.25) is 0 Å². The number of carbonyl (C=O) groups excluding carboxylic acids is 1. The van der Waals surface area contributed by atoms with Gasteiger partial charge in [0.2, 0.25) is 5.95 Å². The average molecular weight is 375 g/mol. The van der Waals surface area contributed by atoms with E-state index in [2.05, 4.69) is 25.2 Å². The minimum atomic E-state index is -0.504. The van der Waals surface area contributed by atoms with E-state index in [4.69, 9.17) is 11.5 Å². The maximum absolute atomic E-state index is 12.4. The second-order valence-corrected chi connectivity index (χ2v) is 7.17. The van der Waals surface area contributed by atoms with Crippen LogP contribution in [0.1, 0.15) is 35.7 Å². The van der Waals surface area contributed by atoms with Gasteiger partial charge >= 0.3 is 0 Å². The third kappa shape index (κ3) is 3.24. The van der Waals surface area contributed by atoms with Crippen LogP contribution in [0.25, 0.3) is 11.1 Å². The molecule has 1 atom stereocenters. The lowest BCUT2D eigenvalue weighted by atomic mass is 9.76. The number of H-pyrrole nitrogens is 1. The number of nitrogen functional groups attached to an aromatic ring is 1. The Bertz CT molecular complexity index is 1010. The number of rotatable bonds is 5. The number of hydrogen-bond acceptors (Lipinski definition) is 5. The summed E-state index contributed by atoms with van der Waals surface area (Å²) >= 11 is 0. The zero-order valence-electron chi connectivity index (χ0n) is 15.5. The molecule has 2 heterocycles.